The number of hydrogen-bond acceptors (Lipinski definition) is 2. The van der Waals surface area contributed by atoms with Crippen LogP contribution in [0.25, 0.3) is 0 Å². The SMILES string of the molecule is CCCCCCCCC=CCCCCCCCC(N)=O.CCCCCCCCCCCCCCCCCCN. The van der Waals surface area contributed by atoms with Gasteiger partial charge in [0.05, 0.1) is 0 Å². The highest BCUT2D eigenvalue weighted by Gasteiger charge is 1.95. The molecule has 0 rings (SSSR count). The lowest BCUT2D eigenvalue weighted by Crippen LogP contribution is -2.09. The molecule has 3 heteroatoms. The van der Waals surface area contributed by atoms with Gasteiger partial charge in [-0.25, -0.2) is 0 Å². The van der Waals surface area contributed by atoms with Crippen molar-refractivity contribution in [3.63, 3.8) is 0 Å². The highest BCUT2D eigenvalue weighted by atomic mass is 16.1. The molecule has 0 aromatic heterocycles. The maximum Gasteiger partial charge on any atom is 0.217 e. The molecule has 0 radical (unpaired) electrons. The highest BCUT2D eigenvalue weighted by Crippen LogP contribution is 2.14. The van der Waals surface area contributed by atoms with Gasteiger partial charge >= 0.3 is 0 Å². The summed E-state index contributed by atoms with van der Waals surface area (Å²) in [5.74, 6) is -0.164. The Morgan fingerprint density at radius 2 is 0.718 bits per heavy atom. The van der Waals surface area contributed by atoms with Crippen LogP contribution >= 0.6 is 0 Å². The topological polar surface area (TPSA) is 69.1 Å². The molecule has 0 aliphatic rings. The van der Waals surface area contributed by atoms with Crippen LogP contribution in [0, 0.1) is 0 Å². The monoisotopic (exact) mass is 551 g/mol. The number of carbonyl (C=O) groups excluding carboxylic acids is 1. The summed E-state index contributed by atoms with van der Waals surface area (Å²) in [5, 5.41) is 0. The largest absolute Gasteiger partial charge is 0.370 e. The van der Waals surface area contributed by atoms with E-state index in [0.29, 0.717) is 6.42 Å². The third-order valence-electron chi connectivity index (χ3n) is 7.74. The van der Waals surface area contributed by atoms with Crippen LogP contribution in [0.1, 0.15) is 206 Å². The van der Waals surface area contributed by atoms with Crippen LogP contribution < -0.4 is 11.5 Å². The molecule has 0 saturated heterocycles. The lowest BCUT2D eigenvalue weighted by atomic mass is 10.0. The minimum Gasteiger partial charge on any atom is -0.370 e. The first-order chi connectivity index (χ1) is 19.2. The van der Waals surface area contributed by atoms with Gasteiger partial charge < -0.3 is 11.5 Å². The fraction of sp³-hybridized carbons (Fsp3) is 0.917. The number of primary amides is 1. The Labute approximate surface area is 247 Å². The van der Waals surface area contributed by atoms with E-state index in [1.165, 1.54) is 173 Å². The van der Waals surface area contributed by atoms with Gasteiger partial charge in [0.25, 0.3) is 0 Å². The highest BCUT2D eigenvalue weighted by molar-refractivity contribution is 5.73. The van der Waals surface area contributed by atoms with Crippen LogP contribution in [-0.4, -0.2) is 12.5 Å². The van der Waals surface area contributed by atoms with Gasteiger partial charge in [0.15, 0.2) is 0 Å². The van der Waals surface area contributed by atoms with Gasteiger partial charge in [-0.15, -0.1) is 0 Å². The lowest BCUT2D eigenvalue weighted by molar-refractivity contribution is -0.118. The second kappa shape index (κ2) is 39.3. The van der Waals surface area contributed by atoms with E-state index >= 15 is 0 Å². The van der Waals surface area contributed by atoms with E-state index in [4.69, 9.17) is 11.5 Å². The molecule has 0 aromatic rings. The molecule has 0 heterocycles. The van der Waals surface area contributed by atoms with E-state index in [1.807, 2.05) is 0 Å². The maximum atomic E-state index is 10.5. The van der Waals surface area contributed by atoms with Gasteiger partial charge in [0, 0.05) is 6.42 Å². The number of rotatable bonds is 31. The number of nitrogens with two attached hydrogens (primary N) is 2. The smallest absolute Gasteiger partial charge is 0.217 e. The van der Waals surface area contributed by atoms with Gasteiger partial charge in [-0.2, -0.15) is 0 Å². The molecule has 0 fully saturated rings. The van der Waals surface area contributed by atoms with Gasteiger partial charge in [-0.3, -0.25) is 4.79 Å². The third-order valence-corrected chi connectivity index (χ3v) is 7.74. The number of carbonyl (C=O) groups is 1. The summed E-state index contributed by atoms with van der Waals surface area (Å²) in [6.45, 7) is 5.43. The minimum atomic E-state index is -0.164. The van der Waals surface area contributed by atoms with Gasteiger partial charge in [0.1, 0.15) is 0 Å². The molecule has 1 amide bonds. The fourth-order valence-electron chi connectivity index (χ4n) is 5.06. The summed E-state index contributed by atoms with van der Waals surface area (Å²) in [6, 6.07) is 0. The molecule has 0 aromatic carbocycles. The molecule has 0 atom stereocenters. The normalized spacial score (nSPS) is 11.2. The molecule has 0 saturated carbocycles. The van der Waals surface area contributed by atoms with E-state index in [-0.39, 0.29) is 5.91 Å². The van der Waals surface area contributed by atoms with Gasteiger partial charge in [-0.1, -0.05) is 174 Å². The molecule has 39 heavy (non-hydrogen) atoms. The van der Waals surface area contributed by atoms with Crippen LogP contribution in [0.5, 0.6) is 0 Å². The zero-order chi connectivity index (χ0) is 28.9. The van der Waals surface area contributed by atoms with Crippen molar-refractivity contribution in [2.75, 3.05) is 6.54 Å². The Morgan fingerprint density at radius 3 is 1.03 bits per heavy atom. The Hall–Kier alpha value is -0.830. The average Bonchev–Trinajstić information content (AvgIpc) is 2.93. The number of hydrogen-bond donors (Lipinski definition) is 2. The number of allylic oxidation sites excluding steroid dienone is 2. The summed E-state index contributed by atoms with van der Waals surface area (Å²) in [6.07, 6.45) is 44.8. The van der Waals surface area contributed by atoms with Crippen molar-refractivity contribution in [3.8, 4) is 0 Å². The van der Waals surface area contributed by atoms with E-state index < -0.39 is 0 Å². The third kappa shape index (κ3) is 44.4. The maximum absolute atomic E-state index is 10.5. The lowest BCUT2D eigenvalue weighted by Gasteiger charge is -2.03. The molecule has 234 valence electrons. The van der Waals surface area contributed by atoms with Crippen LogP contribution in [0.3, 0.4) is 0 Å². The zero-order valence-electron chi connectivity index (χ0n) is 27.1. The minimum absolute atomic E-state index is 0.164. The van der Waals surface area contributed by atoms with Gasteiger partial charge in [-0.05, 0) is 45.1 Å². The van der Waals surface area contributed by atoms with Crippen LogP contribution in [0.15, 0.2) is 12.2 Å². The predicted molar refractivity (Wildman–Crippen MR) is 177 cm³/mol. The molecular formula is C36H74N2O. The van der Waals surface area contributed by atoms with Crippen LogP contribution in [-0.2, 0) is 4.79 Å². The summed E-state index contributed by atoms with van der Waals surface area (Å²) in [5.41, 5.74) is 10.6. The molecular weight excluding hydrogens is 476 g/mol. The average molecular weight is 551 g/mol. The zero-order valence-corrected chi connectivity index (χ0v) is 27.1. The van der Waals surface area contributed by atoms with Gasteiger partial charge in [0.2, 0.25) is 5.91 Å². The molecule has 0 aliphatic carbocycles. The van der Waals surface area contributed by atoms with Crippen molar-refractivity contribution >= 4 is 5.91 Å². The molecule has 0 aliphatic heterocycles. The first kappa shape index (κ1) is 40.3. The second-order valence-electron chi connectivity index (χ2n) is 11.9. The van der Waals surface area contributed by atoms with Crippen LogP contribution in [0.2, 0.25) is 0 Å². The summed E-state index contributed by atoms with van der Waals surface area (Å²) < 4.78 is 0. The van der Waals surface area contributed by atoms with E-state index in [0.717, 1.165) is 19.4 Å². The molecule has 0 spiro atoms. The number of amides is 1. The van der Waals surface area contributed by atoms with E-state index in [1.54, 1.807) is 0 Å². The molecule has 0 bridgehead atoms. The van der Waals surface area contributed by atoms with Crippen molar-refractivity contribution in [1.82, 2.24) is 0 Å². The Morgan fingerprint density at radius 1 is 0.436 bits per heavy atom. The predicted octanol–water partition coefficient (Wildman–Crippen LogP) is 11.7. The van der Waals surface area contributed by atoms with Crippen LogP contribution in [0.4, 0.5) is 0 Å². The van der Waals surface area contributed by atoms with E-state index in [9.17, 15) is 4.79 Å². The second-order valence-corrected chi connectivity index (χ2v) is 11.9. The summed E-state index contributed by atoms with van der Waals surface area (Å²) in [7, 11) is 0. The summed E-state index contributed by atoms with van der Waals surface area (Å²) in [4.78, 5) is 10.5. The van der Waals surface area contributed by atoms with Crippen molar-refractivity contribution in [1.29, 1.82) is 0 Å². The standard InChI is InChI=1S/C18H35NO.C18H39N/c1-2-3-4-5-6-7-8-9-10-11-12-13-14-15-16-17-18(19)20;1-2-3-4-5-6-7-8-9-10-11-12-13-14-15-16-17-18-19/h9-10H,2-8,11-17H2,1H3,(H2,19,20);2-19H2,1H3. The molecule has 0 unspecified atom stereocenters. The van der Waals surface area contributed by atoms with Crippen molar-refractivity contribution in [3.05, 3.63) is 12.2 Å². The number of unbranched alkanes of at least 4 members (excludes halogenated alkanes) is 26. The van der Waals surface area contributed by atoms with E-state index in [2.05, 4.69) is 26.0 Å². The fourth-order valence-corrected chi connectivity index (χ4v) is 5.06. The molecule has 3 nitrogen and oxygen atoms in total. The van der Waals surface area contributed by atoms with Crippen molar-refractivity contribution in [2.24, 2.45) is 11.5 Å². The van der Waals surface area contributed by atoms with Crippen molar-refractivity contribution < 1.29 is 4.79 Å². The first-order valence-electron chi connectivity index (χ1n) is 17.8. The first-order valence-corrected chi connectivity index (χ1v) is 17.8. The van der Waals surface area contributed by atoms with Crippen molar-refractivity contribution in [2.45, 2.75) is 206 Å². The quantitative estimate of drug-likeness (QED) is 0.0665. The molecule has 4 N–H and O–H groups in total. The Kier molecular flexibility index (Phi) is 40.6. The Bertz CT molecular complexity index is 447. The Balaban J connectivity index is 0. The summed E-state index contributed by atoms with van der Waals surface area (Å²) >= 11 is 0.